The first-order chi connectivity index (χ1) is 32.2. The fourth-order valence-corrected chi connectivity index (χ4v) is 10.5. The van der Waals surface area contributed by atoms with Crippen molar-refractivity contribution in [1.82, 2.24) is 28.7 Å². The Kier molecular flexibility index (Phi) is 6.80. The predicted octanol–water partition coefficient (Wildman–Crippen LogP) is 14.6. The van der Waals surface area contributed by atoms with Crippen LogP contribution < -0.4 is 0 Å². The highest BCUT2D eigenvalue weighted by molar-refractivity contribution is 6.23. The zero-order valence-corrected chi connectivity index (χ0v) is 34.5. The first-order valence-electron chi connectivity index (χ1n) is 21.8. The second kappa shape index (κ2) is 12.8. The summed E-state index contributed by atoms with van der Waals surface area (Å²) in [5.74, 6) is 1.48. The monoisotopic (exact) mass is 832 g/mol. The molecule has 0 unspecified atom stereocenters. The second-order valence-electron chi connectivity index (χ2n) is 16.8. The lowest BCUT2D eigenvalue weighted by molar-refractivity contribution is 0.670. The molecule has 0 amide bonds. The normalized spacial score (nSPS) is 12.3. The van der Waals surface area contributed by atoms with Gasteiger partial charge in [0, 0.05) is 65.1 Å². The van der Waals surface area contributed by atoms with E-state index in [-0.39, 0.29) is 0 Å². The van der Waals surface area contributed by atoms with Gasteiger partial charge in [-0.2, -0.15) is 15.0 Å². The van der Waals surface area contributed by atoms with Crippen LogP contribution in [0.2, 0.25) is 0 Å². The Morgan fingerprint density at radius 3 is 1.29 bits per heavy atom. The lowest BCUT2D eigenvalue weighted by Gasteiger charge is -2.13. The highest BCUT2D eigenvalue weighted by Gasteiger charge is 2.25. The minimum atomic E-state index is 0.471. The van der Waals surface area contributed by atoms with Crippen LogP contribution in [0.1, 0.15) is 0 Å². The van der Waals surface area contributed by atoms with E-state index >= 15 is 0 Å². The standard InChI is InChI=1S/C57H32N6O2/c1-2-14-34(15-3-1)61-45-21-9-6-18-37(45)44-32-33(26-31-48(44)61)55-58-56(62-46-22-10-4-16-35(46)40-27-29-42-38-19-7-12-24-49(38)64-53(42)51(40)62)60-57(59-55)63-47-23-11-5-17-36(47)41-28-30-43-39-20-8-13-25-50(39)65-54(43)52(41)63/h1-32H. The number of aromatic nitrogens is 6. The number of benzene rings is 9. The van der Waals surface area contributed by atoms with E-state index in [0.717, 1.165) is 121 Å². The zero-order chi connectivity index (χ0) is 42.3. The van der Waals surface area contributed by atoms with E-state index in [2.05, 4.69) is 184 Å². The summed E-state index contributed by atoms with van der Waals surface area (Å²) in [6, 6.07) is 67.7. The van der Waals surface area contributed by atoms with Gasteiger partial charge in [0.15, 0.2) is 17.0 Å². The van der Waals surface area contributed by atoms with Gasteiger partial charge >= 0.3 is 0 Å². The minimum absolute atomic E-state index is 0.471. The fourth-order valence-electron chi connectivity index (χ4n) is 10.5. The van der Waals surface area contributed by atoms with Crippen molar-refractivity contribution in [2.24, 2.45) is 0 Å². The smallest absolute Gasteiger partial charge is 0.240 e. The van der Waals surface area contributed by atoms with E-state index in [9.17, 15) is 0 Å². The van der Waals surface area contributed by atoms with Crippen molar-refractivity contribution < 1.29 is 8.83 Å². The summed E-state index contributed by atoms with van der Waals surface area (Å²) in [6.45, 7) is 0. The van der Waals surface area contributed by atoms with Gasteiger partial charge in [0.1, 0.15) is 22.2 Å². The molecule has 302 valence electrons. The van der Waals surface area contributed by atoms with Crippen LogP contribution in [0.15, 0.2) is 203 Å². The number of fused-ring (bicyclic) bond motifs is 17. The molecule has 15 rings (SSSR count). The Bertz CT molecular complexity index is 4280. The van der Waals surface area contributed by atoms with Crippen molar-refractivity contribution in [2.75, 3.05) is 0 Å². The van der Waals surface area contributed by atoms with Crippen molar-refractivity contribution in [3.05, 3.63) is 194 Å². The van der Waals surface area contributed by atoms with E-state index in [1.165, 1.54) is 0 Å². The number of hydrogen-bond donors (Lipinski definition) is 0. The number of furan rings is 2. The van der Waals surface area contributed by atoms with Gasteiger partial charge in [-0.1, -0.05) is 121 Å². The summed E-state index contributed by atoms with van der Waals surface area (Å²) in [7, 11) is 0. The van der Waals surface area contributed by atoms with Crippen LogP contribution >= 0.6 is 0 Å². The Morgan fingerprint density at radius 1 is 0.308 bits per heavy atom. The highest BCUT2D eigenvalue weighted by Crippen LogP contribution is 2.43. The molecule has 0 spiro atoms. The van der Waals surface area contributed by atoms with Crippen molar-refractivity contribution >= 4 is 109 Å². The average molecular weight is 833 g/mol. The Balaban J connectivity index is 1.09. The number of para-hydroxylation sites is 6. The maximum Gasteiger partial charge on any atom is 0.240 e. The molecule has 0 aliphatic heterocycles. The summed E-state index contributed by atoms with van der Waals surface area (Å²) in [4.78, 5) is 16.5. The van der Waals surface area contributed by atoms with Crippen LogP contribution in [0, 0.1) is 0 Å². The van der Waals surface area contributed by atoms with Gasteiger partial charge in [0.25, 0.3) is 0 Å². The molecule has 8 nitrogen and oxygen atoms in total. The predicted molar refractivity (Wildman–Crippen MR) is 263 cm³/mol. The highest BCUT2D eigenvalue weighted by atomic mass is 16.3. The van der Waals surface area contributed by atoms with Crippen LogP contribution in [0.25, 0.3) is 138 Å². The molecule has 0 atom stereocenters. The molecule has 15 aromatic rings. The first kappa shape index (κ1) is 34.6. The van der Waals surface area contributed by atoms with E-state index in [1.807, 2.05) is 24.3 Å². The lowest BCUT2D eigenvalue weighted by Crippen LogP contribution is -2.10. The SMILES string of the molecule is c1ccc(-n2c3ccccc3c3cc(-c4nc(-n5c6ccccc6c6ccc7c8ccccc8oc7c65)nc(-n5c6ccccc6c6ccc7c8ccccc8oc7c65)n4)ccc32)cc1. The van der Waals surface area contributed by atoms with Gasteiger partial charge in [-0.05, 0) is 72.8 Å². The molecule has 0 aliphatic carbocycles. The molecule has 0 bridgehead atoms. The quantitative estimate of drug-likeness (QED) is 0.176. The maximum absolute atomic E-state index is 6.78. The van der Waals surface area contributed by atoms with Crippen molar-refractivity contribution in [1.29, 1.82) is 0 Å². The van der Waals surface area contributed by atoms with Gasteiger partial charge in [-0.25, -0.2) is 0 Å². The Morgan fingerprint density at radius 2 is 0.738 bits per heavy atom. The number of hydrogen-bond acceptors (Lipinski definition) is 5. The van der Waals surface area contributed by atoms with Crippen LogP contribution in [0.4, 0.5) is 0 Å². The largest absolute Gasteiger partial charge is 0.454 e. The molecule has 65 heavy (non-hydrogen) atoms. The Labute approximate surface area is 368 Å². The van der Waals surface area contributed by atoms with Crippen molar-refractivity contribution in [3.8, 4) is 29.0 Å². The number of nitrogens with zero attached hydrogens (tertiary/aromatic N) is 6. The van der Waals surface area contributed by atoms with Crippen LogP contribution in [0.3, 0.4) is 0 Å². The molecule has 6 aromatic heterocycles. The van der Waals surface area contributed by atoms with E-state index in [4.69, 9.17) is 23.8 Å². The van der Waals surface area contributed by atoms with E-state index < -0.39 is 0 Å². The van der Waals surface area contributed by atoms with Crippen LogP contribution in [0.5, 0.6) is 0 Å². The van der Waals surface area contributed by atoms with Gasteiger partial charge in [0.05, 0.1) is 22.1 Å². The van der Waals surface area contributed by atoms with Gasteiger partial charge < -0.3 is 13.4 Å². The fraction of sp³-hybridized carbons (Fsp3) is 0. The minimum Gasteiger partial charge on any atom is -0.454 e. The molecule has 6 heterocycles. The van der Waals surface area contributed by atoms with Crippen molar-refractivity contribution in [2.45, 2.75) is 0 Å². The average Bonchev–Trinajstić information content (AvgIpc) is 4.17. The zero-order valence-electron chi connectivity index (χ0n) is 34.5. The summed E-state index contributed by atoms with van der Waals surface area (Å²) in [5, 5.41) is 10.7. The Hall–Kier alpha value is -9.01. The van der Waals surface area contributed by atoms with Crippen LogP contribution in [-0.4, -0.2) is 28.7 Å². The molecule has 8 heteroatoms. The lowest BCUT2D eigenvalue weighted by atomic mass is 10.1. The third kappa shape index (κ3) is 4.71. The van der Waals surface area contributed by atoms with Gasteiger partial charge in [-0.15, -0.1) is 0 Å². The van der Waals surface area contributed by atoms with Gasteiger partial charge in [0.2, 0.25) is 11.9 Å². The molecule has 0 saturated carbocycles. The second-order valence-corrected chi connectivity index (χ2v) is 16.8. The maximum atomic E-state index is 6.78. The van der Waals surface area contributed by atoms with E-state index in [0.29, 0.717) is 17.7 Å². The van der Waals surface area contributed by atoms with Gasteiger partial charge in [-0.3, -0.25) is 9.13 Å². The molecule has 0 N–H and O–H groups in total. The number of rotatable bonds is 4. The van der Waals surface area contributed by atoms with Crippen molar-refractivity contribution in [3.63, 3.8) is 0 Å². The summed E-state index contributed by atoms with van der Waals surface area (Å²) >= 11 is 0. The van der Waals surface area contributed by atoms with Crippen LogP contribution in [-0.2, 0) is 0 Å². The molecule has 0 saturated heterocycles. The topological polar surface area (TPSA) is 79.7 Å². The van der Waals surface area contributed by atoms with E-state index in [1.54, 1.807) is 0 Å². The summed E-state index contributed by atoms with van der Waals surface area (Å²) < 4.78 is 20.2. The molecule has 0 aliphatic rings. The first-order valence-corrected chi connectivity index (χ1v) is 21.8. The summed E-state index contributed by atoms with van der Waals surface area (Å²) in [5.41, 5.74) is 11.1. The molecule has 0 radical (unpaired) electrons. The third-order valence-electron chi connectivity index (χ3n) is 13.3. The summed E-state index contributed by atoms with van der Waals surface area (Å²) in [6.07, 6.45) is 0. The molecule has 0 fully saturated rings. The molecule has 9 aromatic carbocycles. The molecular weight excluding hydrogens is 801 g/mol. The molecular formula is C57H32N6O2. The third-order valence-corrected chi connectivity index (χ3v) is 13.3.